The molecule has 11 heteroatoms. The van der Waals surface area contributed by atoms with Gasteiger partial charge in [-0.3, -0.25) is 4.79 Å². The first-order chi connectivity index (χ1) is 13.6. The number of halogens is 3. The molecule has 0 spiro atoms. The molecule has 1 aliphatic rings. The third-order valence-corrected chi connectivity index (χ3v) is 5.38. The molecule has 0 saturated carbocycles. The summed E-state index contributed by atoms with van der Waals surface area (Å²) in [5.74, 6) is -3.42. The highest BCUT2D eigenvalue weighted by molar-refractivity contribution is 7.12. The molecule has 1 aliphatic heterocycles. The van der Waals surface area contributed by atoms with Crippen LogP contribution in [-0.2, 0) is 0 Å². The number of phenols is 1. The number of aromatic hydroxyl groups is 1. The Morgan fingerprint density at radius 2 is 2.07 bits per heavy atom. The number of ketones is 1. The Labute approximate surface area is 167 Å². The minimum Gasteiger partial charge on any atom is -0.504 e. The summed E-state index contributed by atoms with van der Waals surface area (Å²) in [6, 6.07) is 3.64. The van der Waals surface area contributed by atoms with Crippen LogP contribution in [0, 0.1) is 5.92 Å². The van der Waals surface area contributed by atoms with Gasteiger partial charge in [0.2, 0.25) is 5.72 Å². The van der Waals surface area contributed by atoms with Gasteiger partial charge in [-0.2, -0.15) is 13.2 Å². The number of ether oxygens (including phenoxy) is 1. The molecule has 2 aromatic rings. The van der Waals surface area contributed by atoms with Gasteiger partial charge in [-0.1, -0.05) is 12.1 Å². The SMILES string of the molecule is CCOc1cc([C@@H]2NC(=O)N[C@](O)(C(F)(F)F)[C@@H]2C(=O)c2cccs2)ccc1O. The summed E-state index contributed by atoms with van der Waals surface area (Å²) in [6.45, 7) is 1.81. The number of hydrogen-bond donors (Lipinski definition) is 4. The average Bonchev–Trinajstić information content (AvgIpc) is 3.16. The highest BCUT2D eigenvalue weighted by Crippen LogP contribution is 2.45. The quantitative estimate of drug-likeness (QED) is 0.546. The first-order valence-electron chi connectivity index (χ1n) is 8.49. The number of urea groups is 1. The van der Waals surface area contributed by atoms with Crippen LogP contribution in [0.25, 0.3) is 0 Å². The molecule has 0 radical (unpaired) electrons. The van der Waals surface area contributed by atoms with Gasteiger partial charge in [0.25, 0.3) is 0 Å². The summed E-state index contributed by atoms with van der Waals surface area (Å²) >= 11 is 0.915. The van der Waals surface area contributed by atoms with Crippen molar-refractivity contribution in [2.45, 2.75) is 24.9 Å². The number of thiophene rings is 1. The lowest BCUT2D eigenvalue weighted by molar-refractivity contribution is -0.287. The van der Waals surface area contributed by atoms with Crippen molar-refractivity contribution in [1.29, 1.82) is 0 Å². The summed E-state index contributed by atoms with van der Waals surface area (Å²) < 4.78 is 46.6. The zero-order chi connectivity index (χ0) is 21.4. The van der Waals surface area contributed by atoms with Crippen LogP contribution in [0.15, 0.2) is 35.7 Å². The Morgan fingerprint density at radius 3 is 2.66 bits per heavy atom. The summed E-state index contributed by atoms with van der Waals surface area (Å²) in [6.07, 6.45) is -5.33. The molecular formula is C18H17F3N2O5S. The largest absolute Gasteiger partial charge is 0.504 e. The van der Waals surface area contributed by atoms with Crippen LogP contribution in [0.4, 0.5) is 18.0 Å². The van der Waals surface area contributed by atoms with E-state index in [4.69, 9.17) is 4.74 Å². The molecule has 2 heterocycles. The fraction of sp³-hybridized carbons (Fsp3) is 0.333. The van der Waals surface area contributed by atoms with Gasteiger partial charge in [0.1, 0.15) is 5.92 Å². The fourth-order valence-corrected chi connectivity index (χ4v) is 3.89. The van der Waals surface area contributed by atoms with Gasteiger partial charge >= 0.3 is 12.2 Å². The van der Waals surface area contributed by atoms with E-state index in [0.29, 0.717) is 0 Å². The lowest BCUT2D eigenvalue weighted by atomic mass is 9.78. The summed E-state index contributed by atoms with van der Waals surface area (Å²) in [7, 11) is 0. The second kappa shape index (κ2) is 7.56. The smallest absolute Gasteiger partial charge is 0.437 e. The number of amides is 2. The van der Waals surface area contributed by atoms with Crippen molar-refractivity contribution in [2.24, 2.45) is 5.92 Å². The lowest BCUT2D eigenvalue weighted by Gasteiger charge is -2.44. The van der Waals surface area contributed by atoms with Gasteiger partial charge in [0, 0.05) is 0 Å². The number of aliphatic hydroxyl groups is 1. The van der Waals surface area contributed by atoms with Crippen molar-refractivity contribution in [3.63, 3.8) is 0 Å². The van der Waals surface area contributed by atoms with E-state index in [2.05, 4.69) is 5.32 Å². The van der Waals surface area contributed by atoms with Crippen LogP contribution in [0.3, 0.4) is 0 Å². The van der Waals surface area contributed by atoms with Gasteiger partial charge in [-0.15, -0.1) is 11.3 Å². The van der Waals surface area contributed by atoms with E-state index in [1.165, 1.54) is 41.0 Å². The molecule has 1 aromatic carbocycles. The van der Waals surface area contributed by atoms with Crippen LogP contribution in [0.2, 0.25) is 0 Å². The minimum atomic E-state index is -5.33. The highest BCUT2D eigenvalue weighted by atomic mass is 32.1. The molecular weight excluding hydrogens is 413 g/mol. The normalized spacial score (nSPS) is 24.5. The molecule has 7 nitrogen and oxygen atoms in total. The second-order valence-corrected chi connectivity index (χ2v) is 7.27. The van der Waals surface area contributed by atoms with Gasteiger partial charge in [-0.25, -0.2) is 4.79 Å². The number of carbonyl (C=O) groups is 2. The van der Waals surface area contributed by atoms with E-state index in [-0.39, 0.29) is 28.5 Å². The summed E-state index contributed by atoms with van der Waals surface area (Å²) in [4.78, 5) is 24.9. The molecule has 1 aromatic heterocycles. The molecule has 0 bridgehead atoms. The van der Waals surface area contributed by atoms with Crippen LogP contribution in [0.1, 0.15) is 28.2 Å². The van der Waals surface area contributed by atoms with Crippen molar-refractivity contribution in [2.75, 3.05) is 6.61 Å². The van der Waals surface area contributed by atoms with Crippen molar-refractivity contribution in [3.8, 4) is 11.5 Å². The van der Waals surface area contributed by atoms with Crippen molar-refractivity contribution in [1.82, 2.24) is 10.6 Å². The summed E-state index contributed by atoms with van der Waals surface area (Å²) in [5, 5.41) is 25.6. The number of benzene rings is 1. The number of carbonyl (C=O) groups excluding carboxylic acids is 2. The van der Waals surface area contributed by atoms with E-state index in [1.807, 2.05) is 0 Å². The molecule has 1 fully saturated rings. The Kier molecular flexibility index (Phi) is 5.46. The van der Waals surface area contributed by atoms with Gasteiger partial charge in [0.05, 0.1) is 17.5 Å². The molecule has 3 rings (SSSR count). The zero-order valence-corrected chi connectivity index (χ0v) is 15.8. The maximum atomic E-state index is 13.8. The molecule has 0 unspecified atom stereocenters. The topological polar surface area (TPSA) is 108 Å². The van der Waals surface area contributed by atoms with Crippen LogP contribution in [0.5, 0.6) is 11.5 Å². The highest BCUT2D eigenvalue weighted by Gasteiger charge is 2.66. The van der Waals surface area contributed by atoms with Crippen molar-refractivity contribution >= 4 is 23.2 Å². The van der Waals surface area contributed by atoms with Crippen LogP contribution in [-0.4, -0.2) is 40.5 Å². The second-order valence-electron chi connectivity index (χ2n) is 6.32. The number of rotatable bonds is 5. The van der Waals surface area contributed by atoms with Gasteiger partial charge in [0.15, 0.2) is 17.3 Å². The first kappa shape index (κ1) is 20.9. The van der Waals surface area contributed by atoms with E-state index < -0.39 is 35.7 Å². The van der Waals surface area contributed by atoms with Gasteiger partial charge < -0.3 is 25.6 Å². The summed E-state index contributed by atoms with van der Waals surface area (Å²) in [5.41, 5.74) is -3.75. The Balaban J connectivity index is 2.15. The number of hydrogen-bond acceptors (Lipinski definition) is 6. The molecule has 4 N–H and O–H groups in total. The maximum Gasteiger partial charge on any atom is 0.437 e. The molecule has 0 aliphatic carbocycles. The molecule has 3 atom stereocenters. The fourth-order valence-electron chi connectivity index (χ4n) is 3.18. The Morgan fingerprint density at radius 1 is 1.34 bits per heavy atom. The third-order valence-electron chi connectivity index (χ3n) is 4.50. The third kappa shape index (κ3) is 3.75. The molecule has 156 valence electrons. The number of nitrogens with one attached hydrogen (secondary N) is 2. The predicted octanol–water partition coefficient (Wildman–Crippen LogP) is 2.96. The van der Waals surface area contributed by atoms with Crippen molar-refractivity contribution in [3.05, 3.63) is 46.2 Å². The lowest BCUT2D eigenvalue weighted by Crippen LogP contribution is -2.72. The molecule has 2 amide bonds. The predicted molar refractivity (Wildman–Crippen MR) is 96.8 cm³/mol. The van der Waals surface area contributed by atoms with E-state index in [9.17, 15) is 33.0 Å². The minimum absolute atomic E-state index is 0.00978. The maximum absolute atomic E-state index is 13.8. The van der Waals surface area contributed by atoms with E-state index >= 15 is 0 Å². The molecule has 29 heavy (non-hydrogen) atoms. The monoisotopic (exact) mass is 430 g/mol. The Bertz CT molecular complexity index is 919. The molecule has 1 saturated heterocycles. The Hall–Kier alpha value is -2.79. The number of alkyl halides is 3. The standard InChI is InChI=1S/C18H17F3N2O5S/c1-2-28-11-8-9(5-6-10(11)24)14-13(15(25)12-4-3-7-29-12)17(27,18(19,20)21)23-16(26)22-14/h3-8,13-14,24,27H,2H2,1H3,(H2,22,23,26)/t13-,14-,17+/m0/s1. The van der Waals surface area contributed by atoms with Crippen LogP contribution >= 0.6 is 11.3 Å². The number of phenolic OH excluding ortho intramolecular Hbond substituents is 1. The zero-order valence-electron chi connectivity index (χ0n) is 15.0. The first-order valence-corrected chi connectivity index (χ1v) is 9.37. The number of Topliss-reactive ketones (excluding diaryl/α,β-unsaturated/α-hetero) is 1. The van der Waals surface area contributed by atoms with Gasteiger partial charge in [-0.05, 0) is 36.1 Å². The average molecular weight is 430 g/mol. The van der Waals surface area contributed by atoms with Crippen LogP contribution < -0.4 is 15.4 Å². The van der Waals surface area contributed by atoms with Crippen molar-refractivity contribution < 1.29 is 37.7 Å². The van der Waals surface area contributed by atoms with E-state index in [1.54, 1.807) is 6.92 Å². The van der Waals surface area contributed by atoms with E-state index in [0.717, 1.165) is 11.3 Å².